The first-order valence-corrected chi connectivity index (χ1v) is 10.1. The van der Waals surface area contributed by atoms with Crippen LogP contribution in [-0.4, -0.2) is 33.0 Å². The summed E-state index contributed by atoms with van der Waals surface area (Å²) in [5, 5.41) is 11.8. The van der Waals surface area contributed by atoms with E-state index in [2.05, 4.69) is 22.1 Å². The number of carbonyl (C=O) groups excluding carboxylic acids is 1. The number of anilines is 1. The molecular weight excluding hydrogens is 391 g/mol. The molecule has 0 spiro atoms. The zero-order chi connectivity index (χ0) is 20.6. The fourth-order valence-electron chi connectivity index (χ4n) is 2.67. The zero-order valence-electron chi connectivity index (χ0n) is 16.0. The first kappa shape index (κ1) is 20.6. The number of ether oxygens (including phenoxy) is 1. The van der Waals surface area contributed by atoms with Crippen LogP contribution < -0.4 is 10.1 Å². The summed E-state index contributed by atoms with van der Waals surface area (Å²) in [7, 11) is 0. The molecule has 0 atom stereocenters. The van der Waals surface area contributed by atoms with Crippen LogP contribution in [0.5, 0.6) is 5.75 Å². The number of amides is 1. The summed E-state index contributed by atoms with van der Waals surface area (Å²) in [6.07, 6.45) is 1.72. The highest BCUT2D eigenvalue weighted by molar-refractivity contribution is 7.99. The number of rotatable bonds is 9. The molecule has 3 rings (SSSR count). The Balaban J connectivity index is 1.71. The van der Waals surface area contributed by atoms with Gasteiger partial charge in [-0.1, -0.05) is 30.0 Å². The minimum Gasteiger partial charge on any atom is -0.492 e. The van der Waals surface area contributed by atoms with E-state index in [1.54, 1.807) is 24.3 Å². The van der Waals surface area contributed by atoms with Gasteiger partial charge in [0.05, 0.1) is 18.0 Å². The van der Waals surface area contributed by atoms with Crippen LogP contribution in [0.15, 0.2) is 66.3 Å². The Labute approximate surface area is 172 Å². The number of hydrogen-bond acceptors (Lipinski definition) is 5. The van der Waals surface area contributed by atoms with E-state index in [1.165, 1.54) is 23.9 Å². The molecule has 0 saturated heterocycles. The van der Waals surface area contributed by atoms with Crippen molar-refractivity contribution < 1.29 is 13.9 Å². The van der Waals surface area contributed by atoms with Gasteiger partial charge >= 0.3 is 0 Å². The normalized spacial score (nSPS) is 10.6. The van der Waals surface area contributed by atoms with Crippen molar-refractivity contribution in [3.8, 4) is 17.1 Å². The van der Waals surface area contributed by atoms with Gasteiger partial charge in [0.2, 0.25) is 5.91 Å². The van der Waals surface area contributed by atoms with Crippen LogP contribution in [0.1, 0.15) is 6.92 Å². The maximum Gasteiger partial charge on any atom is 0.234 e. The van der Waals surface area contributed by atoms with Crippen LogP contribution in [0, 0.1) is 5.82 Å². The number of halogens is 1. The fraction of sp³-hybridized carbons (Fsp3) is 0.190. The third kappa shape index (κ3) is 5.23. The number of hydrogen-bond donors (Lipinski definition) is 1. The van der Waals surface area contributed by atoms with Crippen LogP contribution in [0.4, 0.5) is 10.1 Å². The lowest BCUT2D eigenvalue weighted by atomic mass is 10.2. The molecule has 0 aliphatic rings. The Morgan fingerprint density at radius 2 is 2.00 bits per heavy atom. The van der Waals surface area contributed by atoms with Gasteiger partial charge in [0.1, 0.15) is 11.6 Å². The molecule has 2 aromatic carbocycles. The second-order valence-corrected chi connectivity index (χ2v) is 6.92. The highest BCUT2D eigenvalue weighted by Crippen LogP contribution is 2.26. The van der Waals surface area contributed by atoms with Gasteiger partial charge in [-0.05, 0) is 43.3 Å². The van der Waals surface area contributed by atoms with Crippen molar-refractivity contribution >= 4 is 23.4 Å². The first-order valence-electron chi connectivity index (χ1n) is 9.07. The number of allylic oxidation sites excluding steroid dienone is 1. The average molecular weight is 412 g/mol. The summed E-state index contributed by atoms with van der Waals surface area (Å²) in [6, 6.07) is 13.3. The molecule has 1 heterocycles. The molecule has 0 unspecified atom stereocenters. The van der Waals surface area contributed by atoms with E-state index in [1.807, 2.05) is 29.7 Å². The van der Waals surface area contributed by atoms with Gasteiger partial charge in [-0.25, -0.2) is 4.39 Å². The van der Waals surface area contributed by atoms with Crippen molar-refractivity contribution in [3.05, 3.63) is 67.0 Å². The van der Waals surface area contributed by atoms with E-state index in [0.29, 0.717) is 35.6 Å². The van der Waals surface area contributed by atoms with Crippen LogP contribution >= 0.6 is 11.8 Å². The molecule has 0 bridgehead atoms. The van der Waals surface area contributed by atoms with Crippen LogP contribution in [0.25, 0.3) is 11.4 Å². The zero-order valence-corrected chi connectivity index (χ0v) is 16.8. The SMILES string of the molecule is C=CCn1c(SCC(=O)Nc2ccccc2OCC)nnc1-c1ccc(F)cc1. The van der Waals surface area contributed by atoms with Crippen LogP contribution in [0.2, 0.25) is 0 Å². The van der Waals surface area contributed by atoms with Crippen molar-refractivity contribution in [2.75, 3.05) is 17.7 Å². The Kier molecular flexibility index (Phi) is 7.02. The highest BCUT2D eigenvalue weighted by atomic mass is 32.2. The summed E-state index contributed by atoms with van der Waals surface area (Å²) >= 11 is 1.27. The summed E-state index contributed by atoms with van der Waals surface area (Å²) in [6.45, 7) is 6.63. The van der Waals surface area contributed by atoms with E-state index in [0.717, 1.165) is 5.56 Å². The van der Waals surface area contributed by atoms with Crippen molar-refractivity contribution in [1.29, 1.82) is 0 Å². The molecule has 1 aromatic heterocycles. The van der Waals surface area contributed by atoms with Gasteiger partial charge in [-0.15, -0.1) is 16.8 Å². The Bertz CT molecular complexity index is 989. The van der Waals surface area contributed by atoms with Crippen LogP contribution in [0.3, 0.4) is 0 Å². The van der Waals surface area contributed by atoms with Crippen molar-refractivity contribution in [2.24, 2.45) is 0 Å². The van der Waals surface area contributed by atoms with Gasteiger partial charge < -0.3 is 10.1 Å². The predicted octanol–water partition coefficient (Wildman–Crippen LogP) is 4.40. The standard InChI is InChI=1S/C21H21FN4O2S/c1-3-13-26-20(15-9-11-16(22)12-10-15)24-25-21(26)29-14-19(27)23-17-7-5-6-8-18(17)28-4-2/h3,5-12H,1,4,13-14H2,2H3,(H,23,27). The molecule has 0 saturated carbocycles. The molecular formula is C21H21FN4O2S. The molecule has 29 heavy (non-hydrogen) atoms. The monoisotopic (exact) mass is 412 g/mol. The van der Waals surface area contributed by atoms with Gasteiger partial charge in [-0.3, -0.25) is 9.36 Å². The number of aromatic nitrogens is 3. The number of para-hydroxylation sites is 2. The third-order valence-electron chi connectivity index (χ3n) is 3.92. The fourth-order valence-corrected chi connectivity index (χ4v) is 3.42. The van der Waals surface area contributed by atoms with E-state index in [9.17, 15) is 9.18 Å². The van der Waals surface area contributed by atoms with Gasteiger partial charge in [-0.2, -0.15) is 0 Å². The second-order valence-electron chi connectivity index (χ2n) is 5.98. The lowest BCUT2D eigenvalue weighted by Gasteiger charge is -2.11. The molecule has 0 radical (unpaired) electrons. The first-order chi connectivity index (χ1) is 14.1. The molecule has 0 aliphatic heterocycles. The van der Waals surface area contributed by atoms with E-state index in [-0.39, 0.29) is 17.5 Å². The molecule has 1 amide bonds. The quantitative estimate of drug-likeness (QED) is 0.417. The molecule has 6 nitrogen and oxygen atoms in total. The lowest BCUT2D eigenvalue weighted by Crippen LogP contribution is -2.15. The van der Waals surface area contributed by atoms with E-state index < -0.39 is 0 Å². The summed E-state index contributed by atoms with van der Waals surface area (Å²) < 4.78 is 20.6. The second kappa shape index (κ2) is 9.88. The molecule has 150 valence electrons. The highest BCUT2D eigenvalue weighted by Gasteiger charge is 2.15. The molecule has 3 aromatic rings. The Hall–Kier alpha value is -3.13. The molecule has 0 aliphatic carbocycles. The van der Waals surface area contributed by atoms with Gasteiger partial charge in [0, 0.05) is 12.1 Å². The summed E-state index contributed by atoms with van der Waals surface area (Å²) in [5.41, 5.74) is 1.36. The molecule has 1 N–H and O–H groups in total. The largest absolute Gasteiger partial charge is 0.492 e. The molecule has 0 fully saturated rings. The van der Waals surface area contributed by atoms with E-state index >= 15 is 0 Å². The third-order valence-corrected chi connectivity index (χ3v) is 4.89. The van der Waals surface area contributed by atoms with Gasteiger partial charge in [0.25, 0.3) is 0 Å². The Morgan fingerprint density at radius 3 is 2.72 bits per heavy atom. The minimum atomic E-state index is -0.317. The average Bonchev–Trinajstić information content (AvgIpc) is 3.12. The summed E-state index contributed by atoms with van der Waals surface area (Å²) in [5.74, 6) is 0.871. The topological polar surface area (TPSA) is 69.0 Å². The molecule has 8 heteroatoms. The maximum absolute atomic E-state index is 13.2. The maximum atomic E-state index is 13.2. The lowest BCUT2D eigenvalue weighted by molar-refractivity contribution is -0.113. The van der Waals surface area contributed by atoms with E-state index in [4.69, 9.17) is 4.74 Å². The number of nitrogens with zero attached hydrogens (tertiary/aromatic N) is 3. The predicted molar refractivity (Wildman–Crippen MR) is 113 cm³/mol. The van der Waals surface area contributed by atoms with Crippen LogP contribution in [-0.2, 0) is 11.3 Å². The summed E-state index contributed by atoms with van der Waals surface area (Å²) in [4.78, 5) is 12.4. The number of nitrogens with one attached hydrogen (secondary N) is 1. The van der Waals surface area contributed by atoms with Gasteiger partial charge in [0.15, 0.2) is 11.0 Å². The number of thioether (sulfide) groups is 1. The van der Waals surface area contributed by atoms with Crippen molar-refractivity contribution in [3.63, 3.8) is 0 Å². The number of benzene rings is 2. The minimum absolute atomic E-state index is 0.152. The number of carbonyl (C=O) groups is 1. The Morgan fingerprint density at radius 1 is 1.24 bits per heavy atom. The van der Waals surface area contributed by atoms with Crippen molar-refractivity contribution in [2.45, 2.75) is 18.6 Å². The van der Waals surface area contributed by atoms with Crippen molar-refractivity contribution in [1.82, 2.24) is 14.8 Å². The smallest absolute Gasteiger partial charge is 0.234 e.